The lowest BCUT2D eigenvalue weighted by Crippen LogP contribution is -2.48. The number of sulfonamides is 1. The topological polar surface area (TPSA) is 118 Å². The van der Waals surface area contributed by atoms with Crippen LogP contribution in [0.1, 0.15) is 10.5 Å². The highest BCUT2D eigenvalue weighted by atomic mass is 32.2. The third-order valence-corrected chi connectivity index (χ3v) is 8.74. The Kier molecular flexibility index (Phi) is 7.52. The van der Waals surface area contributed by atoms with Gasteiger partial charge in [-0.05, 0) is 43.4 Å². The maximum Gasteiger partial charge on any atom is 0.272 e. The van der Waals surface area contributed by atoms with E-state index < -0.39 is 15.9 Å². The molecule has 2 aliphatic heterocycles. The number of aromatic amines is 1. The molecule has 0 radical (unpaired) electrons. The molecule has 2 saturated heterocycles. The largest absolute Gasteiger partial charge is 0.496 e. The molecule has 39 heavy (non-hydrogen) atoms. The summed E-state index contributed by atoms with van der Waals surface area (Å²) in [5.74, 6) is 0.0414. The zero-order valence-electron chi connectivity index (χ0n) is 22.4. The molecular formula is C27H34N6O5S. The summed E-state index contributed by atoms with van der Waals surface area (Å²) < 4.78 is 30.5. The van der Waals surface area contributed by atoms with E-state index in [4.69, 9.17) is 4.74 Å². The highest BCUT2D eigenvalue weighted by Gasteiger charge is 2.24. The first-order valence-corrected chi connectivity index (χ1v) is 14.8. The lowest BCUT2D eigenvalue weighted by atomic mass is 10.1. The van der Waals surface area contributed by atoms with Gasteiger partial charge in [0.15, 0.2) is 5.43 Å². The van der Waals surface area contributed by atoms with E-state index in [-0.39, 0.29) is 11.1 Å². The van der Waals surface area contributed by atoms with E-state index >= 15 is 0 Å². The lowest BCUT2D eigenvalue weighted by molar-refractivity contribution is 0.102. The van der Waals surface area contributed by atoms with Crippen molar-refractivity contribution in [3.63, 3.8) is 0 Å². The van der Waals surface area contributed by atoms with E-state index in [0.29, 0.717) is 48.5 Å². The number of amides is 1. The summed E-state index contributed by atoms with van der Waals surface area (Å²) in [6.07, 6.45) is 1.23. The van der Waals surface area contributed by atoms with Crippen LogP contribution in [0.5, 0.6) is 5.75 Å². The van der Waals surface area contributed by atoms with E-state index in [9.17, 15) is 18.0 Å². The van der Waals surface area contributed by atoms with Gasteiger partial charge < -0.3 is 29.7 Å². The van der Waals surface area contributed by atoms with Crippen LogP contribution in [0.15, 0.2) is 47.3 Å². The number of hydrogen-bond acceptors (Lipinski definition) is 8. The zero-order valence-corrected chi connectivity index (χ0v) is 23.3. The maximum absolute atomic E-state index is 13.2. The molecule has 2 aromatic carbocycles. The van der Waals surface area contributed by atoms with Crippen LogP contribution in [-0.2, 0) is 10.0 Å². The van der Waals surface area contributed by atoms with Crippen molar-refractivity contribution < 1.29 is 17.9 Å². The van der Waals surface area contributed by atoms with E-state index in [1.807, 2.05) is 18.2 Å². The monoisotopic (exact) mass is 554 g/mol. The summed E-state index contributed by atoms with van der Waals surface area (Å²) >= 11 is 0. The zero-order chi connectivity index (χ0) is 27.7. The van der Waals surface area contributed by atoms with Gasteiger partial charge in [-0.3, -0.25) is 9.59 Å². The molecule has 11 nitrogen and oxygen atoms in total. The Balaban J connectivity index is 1.35. The van der Waals surface area contributed by atoms with Crippen LogP contribution in [0.25, 0.3) is 10.9 Å². The number of methoxy groups -OCH3 is 1. The SMILES string of the molecule is COc1ccc(N2CCN(C)CC2)c2[nH]c(C(=O)Nc3ccc(N4CCN(S(C)(=O)=O)CC4)cc3)cc(=O)c12. The molecule has 208 valence electrons. The van der Waals surface area contributed by atoms with Gasteiger partial charge in [-0.1, -0.05) is 0 Å². The minimum Gasteiger partial charge on any atom is -0.496 e. The predicted molar refractivity (Wildman–Crippen MR) is 154 cm³/mol. The van der Waals surface area contributed by atoms with Crippen LogP contribution in [0.2, 0.25) is 0 Å². The quantitative estimate of drug-likeness (QED) is 0.472. The van der Waals surface area contributed by atoms with Gasteiger partial charge in [0.25, 0.3) is 5.91 Å². The van der Waals surface area contributed by atoms with Gasteiger partial charge in [0, 0.05) is 69.8 Å². The number of ether oxygens (including phenoxy) is 1. The van der Waals surface area contributed by atoms with E-state index in [0.717, 1.165) is 37.6 Å². The van der Waals surface area contributed by atoms with Crippen LogP contribution < -0.4 is 25.3 Å². The number of pyridine rings is 1. The van der Waals surface area contributed by atoms with Crippen molar-refractivity contribution >= 4 is 43.9 Å². The fourth-order valence-electron chi connectivity index (χ4n) is 5.15. The highest BCUT2D eigenvalue weighted by Crippen LogP contribution is 2.31. The van der Waals surface area contributed by atoms with Gasteiger partial charge in [-0.15, -0.1) is 0 Å². The summed E-state index contributed by atoms with van der Waals surface area (Å²) in [6, 6.07) is 12.4. The standard InChI is InChI=1S/C27H34N6O5S/c1-30-10-12-32(13-11-30)22-8-9-24(38-2)25-23(34)18-21(29-26(22)25)27(35)28-19-4-6-20(7-5-19)31-14-16-33(17-15-31)39(3,36)37/h4-9,18H,10-17H2,1-3H3,(H,28,35)(H,29,34). The molecule has 2 fully saturated rings. The molecule has 0 spiro atoms. The molecule has 3 aromatic rings. The molecule has 5 rings (SSSR count). The fraction of sp³-hybridized carbons (Fsp3) is 0.407. The molecule has 12 heteroatoms. The summed E-state index contributed by atoms with van der Waals surface area (Å²) in [7, 11) is 0.422. The van der Waals surface area contributed by atoms with Crippen molar-refractivity contribution in [1.29, 1.82) is 0 Å². The molecular weight excluding hydrogens is 520 g/mol. The Morgan fingerprint density at radius 2 is 1.56 bits per heavy atom. The van der Waals surface area contributed by atoms with Crippen LogP contribution in [0, 0.1) is 0 Å². The number of anilines is 3. The van der Waals surface area contributed by atoms with Gasteiger partial charge in [0.2, 0.25) is 10.0 Å². The van der Waals surface area contributed by atoms with Crippen molar-refractivity contribution in [3.8, 4) is 5.75 Å². The number of benzene rings is 2. The summed E-state index contributed by atoms with van der Waals surface area (Å²) in [6.45, 7) is 5.49. The first kappa shape index (κ1) is 27.0. The number of carbonyl (C=O) groups is 1. The average molecular weight is 555 g/mol. The molecule has 3 heterocycles. The van der Waals surface area contributed by atoms with Crippen molar-refractivity contribution in [3.05, 3.63) is 58.4 Å². The number of likely N-dealkylation sites (N-methyl/N-ethyl adjacent to an activating group) is 1. The van der Waals surface area contributed by atoms with Crippen LogP contribution in [-0.4, -0.2) is 101 Å². The van der Waals surface area contributed by atoms with Crippen molar-refractivity contribution in [2.75, 3.05) is 87.9 Å². The Hall–Kier alpha value is -3.61. The number of nitrogens with zero attached hydrogens (tertiary/aromatic N) is 4. The van der Waals surface area contributed by atoms with Crippen molar-refractivity contribution in [2.24, 2.45) is 0 Å². The molecule has 2 aliphatic rings. The van der Waals surface area contributed by atoms with E-state index in [1.54, 1.807) is 18.2 Å². The number of carbonyl (C=O) groups excluding carboxylic acids is 1. The van der Waals surface area contributed by atoms with Gasteiger partial charge in [-0.2, -0.15) is 4.31 Å². The first-order valence-electron chi connectivity index (χ1n) is 12.9. The second kappa shape index (κ2) is 10.9. The number of piperazine rings is 2. The number of nitrogens with one attached hydrogen (secondary N) is 2. The van der Waals surface area contributed by atoms with Crippen molar-refractivity contribution in [2.45, 2.75) is 0 Å². The first-order chi connectivity index (χ1) is 18.6. The van der Waals surface area contributed by atoms with Gasteiger partial charge in [0.1, 0.15) is 11.4 Å². The van der Waals surface area contributed by atoms with E-state index in [2.05, 4.69) is 32.0 Å². The maximum atomic E-state index is 13.2. The molecule has 1 aromatic heterocycles. The summed E-state index contributed by atoms with van der Waals surface area (Å²) in [5, 5.41) is 3.30. The highest BCUT2D eigenvalue weighted by molar-refractivity contribution is 7.88. The molecule has 0 aliphatic carbocycles. The molecule has 0 bridgehead atoms. The molecule has 2 N–H and O–H groups in total. The number of H-pyrrole nitrogens is 1. The third-order valence-electron chi connectivity index (χ3n) is 7.43. The molecule has 0 saturated carbocycles. The molecule has 1 amide bonds. The molecule has 0 unspecified atom stereocenters. The molecule has 0 atom stereocenters. The second-order valence-electron chi connectivity index (χ2n) is 10.0. The minimum atomic E-state index is -3.19. The van der Waals surface area contributed by atoms with Crippen LogP contribution >= 0.6 is 0 Å². The Morgan fingerprint density at radius 1 is 0.923 bits per heavy atom. The third kappa shape index (κ3) is 5.72. The lowest BCUT2D eigenvalue weighted by Gasteiger charge is -2.34. The second-order valence-corrected chi connectivity index (χ2v) is 12.0. The van der Waals surface area contributed by atoms with Crippen molar-refractivity contribution in [1.82, 2.24) is 14.2 Å². The van der Waals surface area contributed by atoms with Crippen LogP contribution in [0.4, 0.5) is 17.1 Å². The number of rotatable bonds is 6. The normalized spacial score (nSPS) is 17.4. The van der Waals surface area contributed by atoms with Gasteiger partial charge in [0.05, 0.1) is 30.0 Å². The Bertz CT molecular complexity index is 1520. The fourth-order valence-corrected chi connectivity index (χ4v) is 5.98. The smallest absolute Gasteiger partial charge is 0.272 e. The average Bonchev–Trinajstić information content (AvgIpc) is 2.93. The summed E-state index contributed by atoms with van der Waals surface area (Å²) in [4.78, 5) is 36.2. The Labute approximate surface area is 228 Å². The predicted octanol–water partition coefficient (Wildman–Crippen LogP) is 1.62. The van der Waals surface area contributed by atoms with Gasteiger partial charge >= 0.3 is 0 Å². The number of fused-ring (bicyclic) bond motifs is 1. The number of aromatic nitrogens is 1. The minimum absolute atomic E-state index is 0.164. The summed E-state index contributed by atoms with van der Waals surface area (Å²) in [5.41, 5.74) is 2.86. The van der Waals surface area contributed by atoms with E-state index in [1.165, 1.54) is 23.7 Å². The van der Waals surface area contributed by atoms with Gasteiger partial charge in [-0.25, -0.2) is 8.42 Å². The number of hydrogen-bond donors (Lipinski definition) is 2. The van der Waals surface area contributed by atoms with Crippen LogP contribution in [0.3, 0.4) is 0 Å². The Morgan fingerprint density at radius 3 is 2.18 bits per heavy atom.